The van der Waals surface area contributed by atoms with Gasteiger partial charge in [0.1, 0.15) is 0 Å². The first-order valence-electron chi connectivity index (χ1n) is 9.36. The third kappa shape index (κ3) is 4.44. The molecule has 1 amide bonds. The highest BCUT2D eigenvalue weighted by atomic mass is 16.6. The Kier molecular flexibility index (Phi) is 5.31. The second-order valence-electron chi connectivity index (χ2n) is 8.30. The van der Waals surface area contributed by atoms with E-state index in [0.717, 1.165) is 6.42 Å². The van der Waals surface area contributed by atoms with Gasteiger partial charge in [-0.15, -0.1) is 0 Å². The van der Waals surface area contributed by atoms with Crippen LogP contribution in [0.3, 0.4) is 0 Å². The normalized spacial score (nSPS) is 19.2. The van der Waals surface area contributed by atoms with Gasteiger partial charge in [0.15, 0.2) is 0 Å². The van der Waals surface area contributed by atoms with Crippen LogP contribution >= 0.6 is 0 Å². The molecule has 6 nitrogen and oxygen atoms in total. The number of benzene rings is 2. The van der Waals surface area contributed by atoms with Crippen molar-refractivity contribution in [3.05, 3.63) is 75.3 Å². The summed E-state index contributed by atoms with van der Waals surface area (Å²) in [7, 11) is 0. The molecule has 0 bridgehead atoms. The van der Waals surface area contributed by atoms with Crippen molar-refractivity contribution in [2.75, 3.05) is 0 Å². The average Bonchev–Trinajstić information content (AvgIpc) is 3.46. The Morgan fingerprint density at radius 1 is 1.18 bits per heavy atom. The molecule has 146 valence electrons. The van der Waals surface area contributed by atoms with Crippen LogP contribution in [0.15, 0.2) is 53.6 Å². The largest absolute Gasteiger partial charge is 0.273 e. The van der Waals surface area contributed by atoms with E-state index in [-0.39, 0.29) is 28.8 Å². The lowest BCUT2D eigenvalue weighted by Crippen LogP contribution is -2.21. The molecule has 0 radical (unpaired) electrons. The number of hydrazone groups is 1. The van der Waals surface area contributed by atoms with Crippen molar-refractivity contribution in [3.63, 3.8) is 0 Å². The van der Waals surface area contributed by atoms with Gasteiger partial charge in [0, 0.05) is 23.6 Å². The molecule has 0 unspecified atom stereocenters. The van der Waals surface area contributed by atoms with Crippen LogP contribution in [0.4, 0.5) is 5.69 Å². The summed E-state index contributed by atoms with van der Waals surface area (Å²) in [6.45, 7) is 8.25. The second kappa shape index (κ2) is 7.54. The lowest BCUT2D eigenvalue weighted by molar-refractivity contribution is -0.384. The number of rotatable bonds is 5. The van der Waals surface area contributed by atoms with E-state index in [1.165, 1.54) is 23.3 Å². The van der Waals surface area contributed by atoms with Gasteiger partial charge < -0.3 is 0 Å². The fourth-order valence-corrected chi connectivity index (χ4v) is 3.21. The zero-order valence-electron chi connectivity index (χ0n) is 16.6. The molecule has 0 saturated heterocycles. The first kappa shape index (κ1) is 19.7. The highest BCUT2D eigenvalue weighted by Gasteiger charge is 2.44. The van der Waals surface area contributed by atoms with Gasteiger partial charge in [0.25, 0.3) is 5.69 Å². The number of hydrogen-bond acceptors (Lipinski definition) is 4. The maximum absolute atomic E-state index is 12.4. The van der Waals surface area contributed by atoms with Crippen molar-refractivity contribution in [3.8, 4) is 0 Å². The summed E-state index contributed by atoms with van der Waals surface area (Å²) < 4.78 is 0. The Bertz CT molecular complexity index is 927. The summed E-state index contributed by atoms with van der Waals surface area (Å²) in [5.74, 6) is 0.0270. The van der Waals surface area contributed by atoms with Crippen molar-refractivity contribution in [1.82, 2.24) is 5.43 Å². The zero-order chi connectivity index (χ0) is 20.5. The van der Waals surface area contributed by atoms with Gasteiger partial charge in [-0.25, -0.2) is 5.43 Å². The predicted molar refractivity (Wildman–Crippen MR) is 109 cm³/mol. The van der Waals surface area contributed by atoms with Crippen LogP contribution in [-0.2, 0) is 10.2 Å². The lowest BCUT2D eigenvalue weighted by Gasteiger charge is -2.19. The molecular weight excluding hydrogens is 354 g/mol. The number of nitro benzene ring substituents is 1. The molecule has 1 N–H and O–H groups in total. The molecule has 1 saturated carbocycles. The van der Waals surface area contributed by atoms with E-state index in [1.807, 2.05) is 0 Å². The van der Waals surface area contributed by atoms with E-state index in [9.17, 15) is 14.9 Å². The van der Waals surface area contributed by atoms with Gasteiger partial charge in [0.05, 0.1) is 10.6 Å². The molecule has 3 rings (SSSR count). The molecular formula is C22H25N3O3. The van der Waals surface area contributed by atoms with E-state index >= 15 is 0 Å². The summed E-state index contributed by atoms with van der Waals surface area (Å²) in [5.41, 5.74) is 6.30. The molecule has 0 heterocycles. The van der Waals surface area contributed by atoms with Crippen molar-refractivity contribution >= 4 is 17.3 Å². The van der Waals surface area contributed by atoms with Gasteiger partial charge in [-0.3, -0.25) is 14.9 Å². The Morgan fingerprint density at radius 2 is 1.86 bits per heavy atom. The Labute approximate surface area is 164 Å². The quantitative estimate of drug-likeness (QED) is 0.470. The Morgan fingerprint density at radius 3 is 2.46 bits per heavy atom. The van der Waals surface area contributed by atoms with Crippen LogP contribution in [0.25, 0.3) is 0 Å². The molecule has 6 heteroatoms. The number of amides is 1. The van der Waals surface area contributed by atoms with E-state index in [2.05, 4.69) is 55.6 Å². The zero-order valence-corrected chi connectivity index (χ0v) is 16.6. The van der Waals surface area contributed by atoms with Gasteiger partial charge in [-0.2, -0.15) is 5.10 Å². The number of nitrogens with zero attached hydrogens (tertiary/aromatic N) is 2. The summed E-state index contributed by atoms with van der Waals surface area (Å²) >= 11 is 0. The van der Waals surface area contributed by atoms with Crippen molar-refractivity contribution < 1.29 is 9.72 Å². The SMILES string of the molecule is C/C(=N\NC(=O)[C@H]1C[C@H]1c1ccc(C(C)(C)C)cc1)c1cccc([N+](=O)[O-])c1. The van der Waals surface area contributed by atoms with E-state index in [4.69, 9.17) is 0 Å². The summed E-state index contributed by atoms with van der Waals surface area (Å²) in [6, 6.07) is 14.7. The first-order valence-corrected chi connectivity index (χ1v) is 9.36. The molecule has 1 aliphatic rings. The summed E-state index contributed by atoms with van der Waals surface area (Å²) in [4.78, 5) is 22.8. The maximum atomic E-state index is 12.4. The number of carbonyl (C=O) groups is 1. The lowest BCUT2D eigenvalue weighted by atomic mass is 9.86. The van der Waals surface area contributed by atoms with Crippen LogP contribution in [0.5, 0.6) is 0 Å². The van der Waals surface area contributed by atoms with Crippen molar-refractivity contribution in [2.24, 2.45) is 11.0 Å². The minimum absolute atomic E-state index is 0.000614. The molecule has 0 aromatic heterocycles. The van der Waals surface area contributed by atoms with Crippen LogP contribution in [0.2, 0.25) is 0 Å². The van der Waals surface area contributed by atoms with E-state index in [0.29, 0.717) is 11.3 Å². The standard InChI is InChI=1S/C22H25N3O3/c1-14(16-6-5-7-18(12-16)25(27)28)23-24-21(26)20-13-19(20)15-8-10-17(11-9-15)22(2,3)4/h5-12,19-20H,13H2,1-4H3,(H,24,26)/b23-14+/t19-,20-/m0/s1. The van der Waals surface area contributed by atoms with Gasteiger partial charge in [0.2, 0.25) is 5.91 Å². The van der Waals surface area contributed by atoms with E-state index in [1.54, 1.807) is 19.1 Å². The summed E-state index contributed by atoms with van der Waals surface area (Å²) in [6.07, 6.45) is 0.812. The topological polar surface area (TPSA) is 84.6 Å². The number of non-ortho nitro benzene ring substituents is 1. The highest BCUT2D eigenvalue weighted by Crippen LogP contribution is 2.47. The number of nitro groups is 1. The molecule has 0 spiro atoms. The van der Waals surface area contributed by atoms with Crippen LogP contribution in [0.1, 0.15) is 56.7 Å². The molecule has 1 aliphatic carbocycles. The third-order valence-corrected chi connectivity index (χ3v) is 5.14. The predicted octanol–water partition coefficient (Wildman–Crippen LogP) is 4.54. The number of nitrogens with one attached hydrogen (secondary N) is 1. The molecule has 1 fully saturated rings. The van der Waals surface area contributed by atoms with Gasteiger partial charge >= 0.3 is 0 Å². The van der Waals surface area contributed by atoms with Gasteiger partial charge in [-0.1, -0.05) is 57.2 Å². The molecule has 0 aliphatic heterocycles. The smallest absolute Gasteiger partial charge is 0.270 e. The molecule has 2 atom stereocenters. The molecule has 2 aromatic rings. The maximum Gasteiger partial charge on any atom is 0.270 e. The number of hydrogen-bond donors (Lipinski definition) is 1. The van der Waals surface area contributed by atoms with Crippen LogP contribution in [0, 0.1) is 16.0 Å². The second-order valence-corrected chi connectivity index (χ2v) is 8.30. The van der Waals surface area contributed by atoms with Gasteiger partial charge in [-0.05, 0) is 35.8 Å². The first-order chi connectivity index (χ1) is 13.2. The van der Waals surface area contributed by atoms with E-state index < -0.39 is 4.92 Å². The van der Waals surface area contributed by atoms with Crippen molar-refractivity contribution in [2.45, 2.75) is 45.4 Å². The summed E-state index contributed by atoms with van der Waals surface area (Å²) in [5, 5.41) is 15.0. The van der Waals surface area contributed by atoms with Crippen LogP contribution in [-0.4, -0.2) is 16.5 Å². The number of carbonyl (C=O) groups excluding carboxylic acids is 1. The third-order valence-electron chi connectivity index (χ3n) is 5.14. The monoisotopic (exact) mass is 379 g/mol. The highest BCUT2D eigenvalue weighted by molar-refractivity contribution is 5.99. The minimum atomic E-state index is -0.449. The fourth-order valence-electron chi connectivity index (χ4n) is 3.21. The van der Waals surface area contributed by atoms with Crippen LogP contribution < -0.4 is 5.43 Å². The average molecular weight is 379 g/mol. The molecule has 2 aromatic carbocycles. The Balaban J connectivity index is 1.61. The molecule has 28 heavy (non-hydrogen) atoms. The minimum Gasteiger partial charge on any atom is -0.273 e. The fraction of sp³-hybridized carbons (Fsp3) is 0.364. The van der Waals surface area contributed by atoms with Crippen molar-refractivity contribution in [1.29, 1.82) is 0 Å². The Hall–Kier alpha value is -3.02.